The molecule has 0 unspecified atom stereocenters. The SMILES string of the molecule is C=C(S/C(=C\C)c1ccc(-c2cccs2)s1)c1ccc(-c2ccc(-c3ccc(-c4ccc(-c5cccs5)s4)s3)s2)s1. The van der Waals surface area contributed by atoms with Gasteiger partial charge in [0.25, 0.3) is 0 Å². The molecule has 0 radical (unpaired) electrons. The number of hydrogen-bond acceptors (Lipinski definition) is 8. The van der Waals surface area contributed by atoms with E-state index in [0.717, 1.165) is 4.91 Å². The molecule has 8 heteroatoms. The third kappa shape index (κ3) is 5.85. The van der Waals surface area contributed by atoms with Gasteiger partial charge in [0.1, 0.15) is 0 Å². The Bertz CT molecular complexity index is 1940. The van der Waals surface area contributed by atoms with E-state index in [1.165, 1.54) is 63.4 Å². The Labute approximate surface area is 272 Å². The van der Waals surface area contributed by atoms with Crippen LogP contribution >= 0.6 is 91.1 Å². The third-order valence-electron chi connectivity index (χ3n) is 6.30. The van der Waals surface area contributed by atoms with Gasteiger partial charge in [0.2, 0.25) is 0 Å². The highest BCUT2D eigenvalue weighted by atomic mass is 32.2. The van der Waals surface area contributed by atoms with Gasteiger partial charge >= 0.3 is 0 Å². The van der Waals surface area contributed by atoms with Gasteiger partial charge in [-0.05, 0) is 90.5 Å². The summed E-state index contributed by atoms with van der Waals surface area (Å²) in [6.07, 6.45) is 2.20. The summed E-state index contributed by atoms with van der Waals surface area (Å²) in [5, 5.41) is 4.28. The normalized spacial score (nSPS) is 11.9. The zero-order valence-corrected chi connectivity index (χ0v) is 28.3. The van der Waals surface area contributed by atoms with Crippen LogP contribution in [0.5, 0.6) is 0 Å². The lowest BCUT2D eigenvalue weighted by atomic mass is 10.3. The molecular weight excluding hydrogens is 653 g/mol. The lowest BCUT2D eigenvalue weighted by Gasteiger charge is -2.06. The zero-order chi connectivity index (χ0) is 27.8. The van der Waals surface area contributed by atoms with Crippen molar-refractivity contribution in [3.8, 4) is 48.8 Å². The molecule has 0 aromatic carbocycles. The van der Waals surface area contributed by atoms with Crippen LogP contribution in [0.2, 0.25) is 0 Å². The molecule has 0 bridgehead atoms. The summed E-state index contributed by atoms with van der Waals surface area (Å²) in [6, 6.07) is 31.1. The Hall–Kier alpha value is -2.27. The Kier molecular flexibility index (Phi) is 8.17. The number of thioether (sulfide) groups is 1. The first-order valence-corrected chi connectivity index (χ1v) is 19.4. The Balaban J connectivity index is 1.04. The Morgan fingerprint density at radius 2 is 0.902 bits per heavy atom. The minimum Gasteiger partial charge on any atom is -0.143 e. The molecule has 7 aromatic rings. The highest BCUT2D eigenvalue weighted by molar-refractivity contribution is 8.16. The number of rotatable bonds is 9. The molecule has 7 rings (SSSR count). The summed E-state index contributed by atoms with van der Waals surface area (Å²) in [5.74, 6) is 0. The second-order valence-electron chi connectivity index (χ2n) is 8.95. The van der Waals surface area contributed by atoms with Crippen LogP contribution in [-0.4, -0.2) is 0 Å². The second-order valence-corrected chi connectivity index (χ2v) is 17.4. The van der Waals surface area contributed by atoms with Crippen LogP contribution < -0.4 is 0 Å². The predicted molar refractivity (Wildman–Crippen MR) is 195 cm³/mol. The van der Waals surface area contributed by atoms with Crippen molar-refractivity contribution in [1.82, 2.24) is 0 Å². The summed E-state index contributed by atoms with van der Waals surface area (Å²) in [4.78, 5) is 18.2. The standard InChI is InChI=1S/C33H22S8/c1-3-21(25-10-11-26(38-25)23-6-4-18-34-23)36-20(2)22-8-9-28(37-22)29-14-15-32(40-29)33-17-16-31(41-33)30-13-12-27(39-30)24-7-5-19-35-24/h3-19H,2H2,1H3/b21-3-. The molecule has 0 atom stereocenters. The number of thiophene rings is 7. The Morgan fingerprint density at radius 1 is 0.512 bits per heavy atom. The van der Waals surface area contributed by atoms with Crippen LogP contribution in [0.25, 0.3) is 58.6 Å². The monoisotopic (exact) mass is 674 g/mol. The van der Waals surface area contributed by atoms with E-state index in [1.54, 1.807) is 34.4 Å². The van der Waals surface area contributed by atoms with Gasteiger partial charge in [-0.25, -0.2) is 0 Å². The topological polar surface area (TPSA) is 0 Å². The molecule has 0 aliphatic rings. The maximum atomic E-state index is 4.45. The summed E-state index contributed by atoms with van der Waals surface area (Å²) in [6.45, 7) is 6.57. The van der Waals surface area contributed by atoms with Gasteiger partial charge in [0.05, 0.1) is 0 Å². The van der Waals surface area contributed by atoms with Crippen LogP contribution in [0.4, 0.5) is 0 Å². The first-order valence-electron chi connectivity index (χ1n) is 12.8. The second kappa shape index (κ2) is 12.1. The average molecular weight is 675 g/mol. The molecule has 0 fully saturated rings. The molecule has 0 amide bonds. The summed E-state index contributed by atoms with van der Waals surface area (Å²) < 4.78 is 0. The van der Waals surface area contributed by atoms with Crippen molar-refractivity contribution in [3.05, 3.63) is 118 Å². The van der Waals surface area contributed by atoms with Crippen molar-refractivity contribution in [2.45, 2.75) is 6.92 Å². The molecule has 0 saturated heterocycles. The average Bonchev–Trinajstić information content (AvgIpc) is 3.83. The fraction of sp³-hybridized carbons (Fsp3) is 0.0303. The number of hydrogen-bond donors (Lipinski definition) is 0. The zero-order valence-electron chi connectivity index (χ0n) is 21.8. The Morgan fingerprint density at radius 3 is 1.37 bits per heavy atom. The highest BCUT2D eigenvalue weighted by Crippen LogP contribution is 2.47. The van der Waals surface area contributed by atoms with Crippen molar-refractivity contribution in [3.63, 3.8) is 0 Å². The molecule has 0 nitrogen and oxygen atoms in total. The van der Waals surface area contributed by atoms with E-state index in [-0.39, 0.29) is 0 Å². The van der Waals surface area contributed by atoms with Gasteiger partial charge in [-0.3, -0.25) is 0 Å². The van der Waals surface area contributed by atoms with Crippen molar-refractivity contribution < 1.29 is 0 Å². The fourth-order valence-corrected chi connectivity index (χ4v) is 12.3. The minimum absolute atomic E-state index is 1.10. The van der Waals surface area contributed by atoms with E-state index in [4.69, 9.17) is 0 Å². The third-order valence-corrected chi connectivity index (χ3v) is 15.9. The van der Waals surface area contributed by atoms with E-state index < -0.39 is 0 Å². The first-order chi connectivity index (χ1) is 20.1. The summed E-state index contributed by atoms with van der Waals surface area (Å²) >= 11 is 14.7. The maximum absolute atomic E-state index is 4.45. The first kappa shape index (κ1) is 27.6. The van der Waals surface area contributed by atoms with Crippen molar-refractivity contribution in [2.24, 2.45) is 0 Å². The largest absolute Gasteiger partial charge is 0.143 e. The van der Waals surface area contributed by atoms with Gasteiger partial charge in [-0.15, -0.1) is 79.4 Å². The maximum Gasteiger partial charge on any atom is 0.0449 e. The van der Waals surface area contributed by atoms with Crippen molar-refractivity contribution in [1.29, 1.82) is 0 Å². The van der Waals surface area contributed by atoms with Gasteiger partial charge in [-0.2, -0.15) is 0 Å². The van der Waals surface area contributed by atoms with Crippen LogP contribution in [0.1, 0.15) is 16.7 Å². The predicted octanol–water partition coefficient (Wildman–Crippen LogP) is 14.2. The smallest absolute Gasteiger partial charge is 0.0449 e. The molecule has 0 aliphatic heterocycles. The van der Waals surface area contributed by atoms with Crippen molar-refractivity contribution in [2.75, 3.05) is 0 Å². The summed E-state index contributed by atoms with van der Waals surface area (Å²) in [5.41, 5.74) is 0. The van der Waals surface area contributed by atoms with Gasteiger partial charge < -0.3 is 0 Å². The van der Waals surface area contributed by atoms with E-state index in [9.17, 15) is 0 Å². The van der Waals surface area contributed by atoms with E-state index in [1.807, 2.05) is 56.7 Å². The van der Waals surface area contributed by atoms with Crippen LogP contribution in [-0.2, 0) is 0 Å². The molecule has 202 valence electrons. The van der Waals surface area contributed by atoms with Crippen molar-refractivity contribution >= 4 is 101 Å². The molecule has 7 aromatic heterocycles. The fourth-order valence-electron chi connectivity index (χ4n) is 4.30. The van der Waals surface area contributed by atoms with Crippen LogP contribution in [0, 0.1) is 0 Å². The summed E-state index contributed by atoms with van der Waals surface area (Å²) in [7, 11) is 0. The molecule has 0 saturated carbocycles. The van der Waals surface area contributed by atoms with E-state index >= 15 is 0 Å². The lowest BCUT2D eigenvalue weighted by Crippen LogP contribution is -1.75. The van der Waals surface area contributed by atoms with Crippen LogP contribution in [0.15, 0.2) is 108 Å². The molecule has 0 N–H and O–H groups in total. The lowest BCUT2D eigenvalue weighted by molar-refractivity contribution is 1.77. The highest BCUT2D eigenvalue weighted by Gasteiger charge is 2.15. The minimum atomic E-state index is 1.10. The van der Waals surface area contributed by atoms with E-state index in [0.29, 0.717) is 0 Å². The molecule has 41 heavy (non-hydrogen) atoms. The van der Waals surface area contributed by atoms with Gasteiger partial charge in [-0.1, -0.05) is 36.5 Å². The van der Waals surface area contributed by atoms with Gasteiger partial charge in [0.15, 0.2) is 0 Å². The van der Waals surface area contributed by atoms with E-state index in [2.05, 4.69) is 115 Å². The quantitative estimate of drug-likeness (QED) is 0.147. The molecule has 7 heterocycles. The van der Waals surface area contributed by atoms with Gasteiger partial charge in [0, 0.05) is 68.3 Å². The molecule has 0 spiro atoms. The number of allylic oxidation sites excluding steroid dienone is 1. The molecule has 0 aliphatic carbocycles. The van der Waals surface area contributed by atoms with Crippen LogP contribution in [0.3, 0.4) is 0 Å². The molecular formula is C33H22S8.